The molecule has 2 nitrogen and oxygen atoms in total. The maximum absolute atomic E-state index is 5.02. The van der Waals surface area contributed by atoms with Crippen LogP contribution in [0.15, 0.2) is 42.5 Å². The van der Waals surface area contributed by atoms with Gasteiger partial charge in [0.25, 0.3) is 0 Å². The lowest BCUT2D eigenvalue weighted by molar-refractivity contribution is 0.194. The molecule has 0 amide bonds. The monoisotopic (exact) mass is 265 g/mol. The topological polar surface area (TPSA) is 21.3 Å². The van der Waals surface area contributed by atoms with E-state index in [2.05, 4.69) is 47.8 Å². The second kappa shape index (κ2) is 8.09. The maximum atomic E-state index is 5.02. The molecule has 0 aliphatic heterocycles. The van der Waals surface area contributed by atoms with Gasteiger partial charge in [0.05, 0.1) is 0 Å². The fourth-order valence-electron chi connectivity index (χ4n) is 2.01. The molecule has 0 aliphatic rings. The van der Waals surface area contributed by atoms with E-state index in [1.165, 1.54) is 16.3 Å². The Morgan fingerprint density at radius 3 is 2.67 bits per heavy atom. The third-order valence-corrected chi connectivity index (χ3v) is 2.90. The fraction of sp³-hybridized carbons (Fsp3) is 0.333. The zero-order chi connectivity index (χ0) is 11.9. The van der Waals surface area contributed by atoms with E-state index in [0.717, 1.165) is 26.1 Å². The van der Waals surface area contributed by atoms with Crippen LogP contribution in [0.5, 0.6) is 0 Å². The smallest absolute Gasteiger partial charge is 0.0474 e. The van der Waals surface area contributed by atoms with Crippen LogP contribution >= 0.6 is 12.4 Å². The Labute approximate surface area is 115 Å². The van der Waals surface area contributed by atoms with Crippen molar-refractivity contribution in [1.29, 1.82) is 0 Å². The molecule has 1 N–H and O–H groups in total. The van der Waals surface area contributed by atoms with Gasteiger partial charge in [-0.1, -0.05) is 42.5 Å². The van der Waals surface area contributed by atoms with Gasteiger partial charge in [0.1, 0.15) is 0 Å². The highest BCUT2D eigenvalue weighted by atomic mass is 35.5. The second-order valence-corrected chi connectivity index (χ2v) is 4.16. The van der Waals surface area contributed by atoms with E-state index in [9.17, 15) is 0 Å². The lowest BCUT2D eigenvalue weighted by Crippen LogP contribution is -2.16. The number of nitrogens with one attached hydrogen (secondary N) is 1. The van der Waals surface area contributed by atoms with Gasteiger partial charge in [-0.15, -0.1) is 12.4 Å². The zero-order valence-corrected chi connectivity index (χ0v) is 11.5. The Hall–Kier alpha value is -1.09. The Kier molecular flexibility index (Phi) is 6.73. The van der Waals surface area contributed by atoms with Crippen LogP contribution in [-0.4, -0.2) is 20.3 Å². The van der Waals surface area contributed by atoms with Crippen molar-refractivity contribution in [3.8, 4) is 0 Å². The second-order valence-electron chi connectivity index (χ2n) is 4.16. The quantitative estimate of drug-likeness (QED) is 0.809. The molecule has 0 saturated carbocycles. The Balaban J connectivity index is 0.00000162. The summed E-state index contributed by atoms with van der Waals surface area (Å²) in [7, 11) is 1.74. The molecule has 0 saturated heterocycles. The molecule has 98 valence electrons. The normalized spacial score (nSPS) is 10.3. The van der Waals surface area contributed by atoms with Gasteiger partial charge in [-0.25, -0.2) is 0 Å². The lowest BCUT2D eigenvalue weighted by atomic mass is 10.0. The molecule has 0 spiro atoms. The van der Waals surface area contributed by atoms with Gasteiger partial charge in [0.15, 0.2) is 0 Å². The summed E-state index contributed by atoms with van der Waals surface area (Å²) in [6.07, 6.45) is 1.06. The molecule has 0 fully saturated rings. The van der Waals surface area contributed by atoms with Crippen molar-refractivity contribution in [3.05, 3.63) is 48.0 Å². The number of ether oxygens (including phenoxy) is 1. The van der Waals surface area contributed by atoms with Crippen LogP contribution in [0.1, 0.15) is 12.0 Å². The minimum absolute atomic E-state index is 0. The van der Waals surface area contributed by atoms with Crippen molar-refractivity contribution in [1.82, 2.24) is 5.32 Å². The van der Waals surface area contributed by atoms with E-state index in [4.69, 9.17) is 4.74 Å². The first kappa shape index (κ1) is 15.0. The molecular formula is C15H20ClNO. The van der Waals surface area contributed by atoms with Crippen molar-refractivity contribution in [2.45, 2.75) is 13.0 Å². The molecule has 0 heterocycles. The van der Waals surface area contributed by atoms with Crippen molar-refractivity contribution >= 4 is 23.2 Å². The van der Waals surface area contributed by atoms with E-state index in [0.29, 0.717) is 0 Å². The maximum Gasteiger partial charge on any atom is 0.0474 e. The molecular weight excluding hydrogens is 246 g/mol. The van der Waals surface area contributed by atoms with Crippen molar-refractivity contribution in [3.63, 3.8) is 0 Å². The average Bonchev–Trinajstić information content (AvgIpc) is 2.39. The van der Waals surface area contributed by atoms with Gasteiger partial charge in [-0.3, -0.25) is 0 Å². The first-order chi connectivity index (χ1) is 8.42. The largest absolute Gasteiger partial charge is 0.385 e. The number of fused-ring (bicyclic) bond motifs is 1. The molecule has 0 aromatic heterocycles. The molecule has 2 aromatic rings. The van der Waals surface area contributed by atoms with E-state index < -0.39 is 0 Å². The first-order valence-corrected chi connectivity index (χ1v) is 6.08. The first-order valence-electron chi connectivity index (χ1n) is 6.08. The summed E-state index contributed by atoms with van der Waals surface area (Å²) < 4.78 is 5.02. The molecule has 18 heavy (non-hydrogen) atoms. The van der Waals surface area contributed by atoms with E-state index >= 15 is 0 Å². The van der Waals surface area contributed by atoms with Gasteiger partial charge in [-0.2, -0.15) is 0 Å². The van der Waals surface area contributed by atoms with Crippen LogP contribution in [0.2, 0.25) is 0 Å². The zero-order valence-electron chi connectivity index (χ0n) is 10.7. The van der Waals surface area contributed by atoms with Crippen LogP contribution in [0.3, 0.4) is 0 Å². The highest BCUT2D eigenvalue weighted by molar-refractivity contribution is 5.85. The van der Waals surface area contributed by atoms with Gasteiger partial charge in [-0.05, 0) is 29.3 Å². The molecule has 2 aromatic carbocycles. The highest BCUT2D eigenvalue weighted by Crippen LogP contribution is 2.17. The summed E-state index contributed by atoms with van der Waals surface area (Å²) >= 11 is 0. The summed E-state index contributed by atoms with van der Waals surface area (Å²) in [5, 5.41) is 6.10. The predicted molar refractivity (Wildman–Crippen MR) is 79.4 cm³/mol. The van der Waals surface area contributed by atoms with Gasteiger partial charge < -0.3 is 10.1 Å². The van der Waals surface area contributed by atoms with Gasteiger partial charge >= 0.3 is 0 Å². The van der Waals surface area contributed by atoms with Crippen LogP contribution in [0, 0.1) is 0 Å². The molecule has 2 rings (SSSR count). The molecule has 3 heteroatoms. The molecule has 0 aliphatic carbocycles. The third kappa shape index (κ3) is 3.98. The number of benzene rings is 2. The third-order valence-electron chi connectivity index (χ3n) is 2.90. The minimum atomic E-state index is 0. The van der Waals surface area contributed by atoms with Crippen molar-refractivity contribution in [2.24, 2.45) is 0 Å². The highest BCUT2D eigenvalue weighted by Gasteiger charge is 1.99. The summed E-state index contributed by atoms with van der Waals surface area (Å²) in [6, 6.07) is 15.0. The summed E-state index contributed by atoms with van der Waals surface area (Å²) in [4.78, 5) is 0. The molecule has 0 atom stereocenters. The van der Waals surface area contributed by atoms with Crippen LogP contribution in [0.4, 0.5) is 0 Å². The molecule has 0 unspecified atom stereocenters. The Morgan fingerprint density at radius 1 is 1.06 bits per heavy atom. The van der Waals surface area contributed by atoms with E-state index in [-0.39, 0.29) is 12.4 Å². The van der Waals surface area contributed by atoms with E-state index in [1.54, 1.807) is 7.11 Å². The predicted octanol–water partition coefficient (Wildman–Crippen LogP) is 3.39. The number of rotatable bonds is 6. The lowest BCUT2D eigenvalue weighted by Gasteiger charge is -2.08. The standard InChI is InChI=1S/C15H19NO.ClH/c1-17-11-5-10-16-12-14-8-4-7-13-6-2-3-9-15(13)14;/h2-4,6-9,16H,5,10-12H2,1H3;1H. The number of hydrogen-bond acceptors (Lipinski definition) is 2. The van der Waals surface area contributed by atoms with Crippen LogP contribution in [-0.2, 0) is 11.3 Å². The van der Waals surface area contributed by atoms with Crippen LogP contribution in [0.25, 0.3) is 10.8 Å². The minimum Gasteiger partial charge on any atom is -0.385 e. The van der Waals surface area contributed by atoms with Crippen molar-refractivity contribution < 1.29 is 4.74 Å². The Bertz CT molecular complexity index is 468. The van der Waals surface area contributed by atoms with Gasteiger partial charge in [0, 0.05) is 20.3 Å². The summed E-state index contributed by atoms with van der Waals surface area (Å²) in [6.45, 7) is 2.74. The summed E-state index contributed by atoms with van der Waals surface area (Å²) in [5.41, 5.74) is 1.36. The van der Waals surface area contributed by atoms with Crippen molar-refractivity contribution in [2.75, 3.05) is 20.3 Å². The van der Waals surface area contributed by atoms with Gasteiger partial charge in [0.2, 0.25) is 0 Å². The fourth-order valence-corrected chi connectivity index (χ4v) is 2.01. The Morgan fingerprint density at radius 2 is 1.83 bits per heavy atom. The average molecular weight is 266 g/mol. The number of halogens is 1. The number of hydrogen-bond donors (Lipinski definition) is 1. The van der Waals surface area contributed by atoms with Crippen LogP contribution < -0.4 is 5.32 Å². The van der Waals surface area contributed by atoms with E-state index in [1.807, 2.05) is 0 Å². The molecule has 0 radical (unpaired) electrons. The summed E-state index contributed by atoms with van der Waals surface area (Å²) in [5.74, 6) is 0. The number of methoxy groups -OCH3 is 1. The molecule has 0 bridgehead atoms. The SMILES string of the molecule is COCCCNCc1cccc2ccccc12.Cl.